The van der Waals surface area contributed by atoms with Gasteiger partial charge in [0.25, 0.3) is 5.91 Å². The average molecular weight is 704 g/mol. The number of amides is 5. The first kappa shape index (κ1) is 36.1. The van der Waals surface area contributed by atoms with E-state index in [9.17, 15) is 32.4 Å². The quantitative estimate of drug-likeness (QED) is 0.240. The maximum Gasteiger partial charge on any atom is 0.315 e. The number of nitrogens with zero attached hydrogens (tertiary/aromatic N) is 1. The standard InChI is InChI=1S/C36H57N5O7S/c1-7-12-21-19-36(21,28(42)30(44)37-22-14-15-22)39-29(43)26-25-23(34(25,5)6)20-41(26)31(45)27(33(2,3)4)38-32(46)40-35(16-9-8-10-17-35)24-13-11-18-49(24,47)48/h21-27H,7-20H2,1-6H3,(H,37,44)(H,39,43)(H2,38,40,46)/t21-,23+,24-,25+,26+,27-,36+/m1/s1. The molecule has 274 valence electrons. The van der Waals surface area contributed by atoms with Gasteiger partial charge in [-0.25, -0.2) is 13.2 Å². The van der Waals surface area contributed by atoms with Crippen molar-refractivity contribution in [1.82, 2.24) is 26.2 Å². The van der Waals surface area contributed by atoms with Gasteiger partial charge in [-0.2, -0.15) is 0 Å². The molecule has 2 heterocycles. The molecule has 0 aromatic carbocycles. The summed E-state index contributed by atoms with van der Waals surface area (Å²) in [6, 6.07) is -2.42. The highest BCUT2D eigenvalue weighted by Gasteiger charge is 2.71. The highest BCUT2D eigenvalue weighted by molar-refractivity contribution is 7.92. The fraction of sp³-hybridized carbons (Fsp3) is 0.861. The number of hydrogen-bond acceptors (Lipinski definition) is 7. The molecule has 5 amide bonds. The van der Waals surface area contributed by atoms with Crippen molar-refractivity contribution in [2.75, 3.05) is 12.3 Å². The molecule has 4 N–H and O–H groups in total. The van der Waals surface area contributed by atoms with Crippen molar-refractivity contribution in [3.05, 3.63) is 0 Å². The first-order valence-electron chi connectivity index (χ1n) is 18.7. The molecule has 2 saturated heterocycles. The third kappa shape index (κ3) is 6.62. The molecule has 6 aliphatic rings. The van der Waals surface area contributed by atoms with Crippen molar-refractivity contribution in [1.29, 1.82) is 0 Å². The number of sulfone groups is 1. The van der Waals surface area contributed by atoms with Gasteiger partial charge in [0.15, 0.2) is 9.84 Å². The zero-order valence-corrected chi connectivity index (χ0v) is 31.0. The molecule has 0 spiro atoms. The second-order valence-electron chi connectivity index (χ2n) is 17.7. The Kier molecular flexibility index (Phi) is 9.22. The predicted molar refractivity (Wildman–Crippen MR) is 184 cm³/mol. The lowest BCUT2D eigenvalue weighted by Gasteiger charge is -2.43. The summed E-state index contributed by atoms with van der Waals surface area (Å²) in [5.41, 5.74) is -3.07. The first-order chi connectivity index (χ1) is 22.9. The van der Waals surface area contributed by atoms with E-state index in [0.717, 1.165) is 38.5 Å². The van der Waals surface area contributed by atoms with Gasteiger partial charge in [-0.15, -0.1) is 0 Å². The van der Waals surface area contributed by atoms with Crippen LogP contribution < -0.4 is 21.3 Å². The molecular formula is C36H57N5O7S. The van der Waals surface area contributed by atoms with Gasteiger partial charge < -0.3 is 26.2 Å². The van der Waals surface area contributed by atoms with Gasteiger partial charge in [-0.05, 0) is 80.0 Å². The van der Waals surface area contributed by atoms with Crippen LogP contribution in [0.1, 0.15) is 119 Å². The van der Waals surface area contributed by atoms with E-state index in [1.165, 1.54) is 0 Å². The number of urea groups is 1. The van der Waals surface area contributed by atoms with E-state index < -0.39 is 67.3 Å². The van der Waals surface area contributed by atoms with Crippen LogP contribution in [-0.2, 0) is 29.0 Å². The number of hydrogen-bond donors (Lipinski definition) is 4. The maximum atomic E-state index is 14.5. The molecule has 0 aromatic rings. The van der Waals surface area contributed by atoms with Gasteiger partial charge in [0.2, 0.25) is 17.6 Å². The Morgan fingerprint density at radius 1 is 0.939 bits per heavy atom. The number of nitrogens with one attached hydrogen (secondary N) is 4. The molecule has 49 heavy (non-hydrogen) atoms. The number of likely N-dealkylation sites (tertiary alicyclic amines) is 1. The molecule has 4 aliphatic carbocycles. The van der Waals surface area contributed by atoms with Gasteiger partial charge in [0.1, 0.15) is 17.6 Å². The van der Waals surface area contributed by atoms with Gasteiger partial charge in [0, 0.05) is 12.6 Å². The summed E-state index contributed by atoms with van der Waals surface area (Å²) in [6.45, 7) is 12.1. The summed E-state index contributed by atoms with van der Waals surface area (Å²) >= 11 is 0. The van der Waals surface area contributed by atoms with Gasteiger partial charge in [0.05, 0.1) is 16.5 Å². The van der Waals surface area contributed by atoms with Gasteiger partial charge in [-0.1, -0.05) is 67.2 Å². The summed E-state index contributed by atoms with van der Waals surface area (Å²) in [4.78, 5) is 70.7. The topological polar surface area (TPSA) is 171 Å². The monoisotopic (exact) mass is 703 g/mol. The minimum atomic E-state index is -3.35. The van der Waals surface area contributed by atoms with Crippen LogP contribution >= 0.6 is 0 Å². The highest BCUT2D eigenvalue weighted by Crippen LogP contribution is 2.65. The van der Waals surface area contributed by atoms with E-state index in [-0.39, 0.29) is 40.9 Å². The maximum absolute atomic E-state index is 14.5. The molecular weight excluding hydrogens is 646 g/mol. The molecule has 6 fully saturated rings. The molecule has 7 atom stereocenters. The van der Waals surface area contributed by atoms with Crippen LogP contribution in [0, 0.1) is 28.6 Å². The Balaban J connectivity index is 1.21. The van der Waals surface area contributed by atoms with Crippen LogP contribution in [0.2, 0.25) is 0 Å². The fourth-order valence-electron chi connectivity index (χ4n) is 9.63. The van der Waals surface area contributed by atoms with E-state index in [2.05, 4.69) is 35.1 Å². The molecule has 6 rings (SSSR count). The molecule has 0 aromatic heterocycles. The molecule has 2 aliphatic heterocycles. The third-order valence-electron chi connectivity index (χ3n) is 12.8. The number of piperidine rings is 1. The summed E-state index contributed by atoms with van der Waals surface area (Å²) in [5.74, 6) is -2.15. The van der Waals surface area contributed by atoms with Crippen molar-refractivity contribution < 1.29 is 32.4 Å². The molecule has 0 unspecified atom stereocenters. The van der Waals surface area contributed by atoms with E-state index in [1.807, 2.05) is 27.7 Å². The number of ketones is 1. The van der Waals surface area contributed by atoms with Crippen LogP contribution in [0.15, 0.2) is 0 Å². The Hall–Kier alpha value is -2.70. The summed E-state index contributed by atoms with van der Waals surface area (Å²) in [6.07, 6.45) is 8.45. The van der Waals surface area contributed by atoms with Crippen LogP contribution in [-0.4, -0.2) is 89.6 Å². The number of rotatable bonds is 11. The molecule has 4 saturated carbocycles. The first-order valence-corrected chi connectivity index (χ1v) is 20.4. The SMILES string of the molecule is CCC[C@@H]1C[C@@]1(NC(=O)[C@@H]1[C@@H]2[C@H](CN1C(=O)[C@@H](NC(=O)NC1([C@H]3CCCS3(=O)=O)CCCCC1)C(C)(C)C)C2(C)C)C(=O)C(=O)NC1CC1. The average Bonchev–Trinajstić information content (AvgIpc) is 3.95. The van der Waals surface area contributed by atoms with Crippen molar-refractivity contribution in [3.63, 3.8) is 0 Å². The Bertz CT molecular complexity index is 1490. The van der Waals surface area contributed by atoms with Gasteiger partial charge in [-0.3, -0.25) is 19.2 Å². The van der Waals surface area contributed by atoms with Crippen molar-refractivity contribution in [3.8, 4) is 0 Å². The van der Waals surface area contributed by atoms with Gasteiger partial charge >= 0.3 is 6.03 Å². The largest absolute Gasteiger partial charge is 0.347 e. The lowest BCUT2D eigenvalue weighted by Crippen LogP contribution is -2.65. The number of Topliss-reactive ketones (excluding diaryl/α,β-unsaturated/α-hetero) is 1. The molecule has 12 nitrogen and oxygen atoms in total. The zero-order valence-electron chi connectivity index (χ0n) is 30.2. The fourth-order valence-corrected chi connectivity index (χ4v) is 12.0. The number of carbonyl (C=O) groups is 5. The van der Waals surface area contributed by atoms with Crippen LogP contribution in [0.4, 0.5) is 4.79 Å². The lowest BCUT2D eigenvalue weighted by molar-refractivity contribution is -0.146. The van der Waals surface area contributed by atoms with E-state index in [0.29, 0.717) is 45.1 Å². The minimum absolute atomic E-state index is 0.0122. The van der Waals surface area contributed by atoms with Crippen LogP contribution in [0.5, 0.6) is 0 Å². The summed E-state index contributed by atoms with van der Waals surface area (Å²) < 4.78 is 26.1. The van der Waals surface area contributed by atoms with Crippen molar-refractivity contribution in [2.24, 2.45) is 28.6 Å². The van der Waals surface area contributed by atoms with E-state index >= 15 is 0 Å². The lowest BCUT2D eigenvalue weighted by atomic mass is 9.78. The minimum Gasteiger partial charge on any atom is -0.347 e. The third-order valence-corrected chi connectivity index (χ3v) is 15.2. The molecule has 0 radical (unpaired) electrons. The van der Waals surface area contributed by atoms with Crippen molar-refractivity contribution >= 4 is 39.4 Å². The van der Waals surface area contributed by atoms with Crippen molar-refractivity contribution in [2.45, 2.75) is 153 Å². The smallest absolute Gasteiger partial charge is 0.315 e. The van der Waals surface area contributed by atoms with Crippen LogP contribution in [0.3, 0.4) is 0 Å². The second kappa shape index (κ2) is 12.5. The van der Waals surface area contributed by atoms with E-state index in [4.69, 9.17) is 0 Å². The molecule has 13 heteroatoms. The second-order valence-corrected chi connectivity index (χ2v) is 20.0. The van der Waals surface area contributed by atoms with E-state index in [1.54, 1.807) is 4.90 Å². The Labute approximate surface area is 291 Å². The Morgan fingerprint density at radius 3 is 2.18 bits per heavy atom. The normalized spacial score (nSPS) is 34.2. The predicted octanol–water partition coefficient (Wildman–Crippen LogP) is 2.99. The number of carbonyl (C=O) groups excluding carboxylic acids is 5. The molecule has 0 bridgehead atoms. The highest BCUT2D eigenvalue weighted by atomic mass is 32.2. The van der Waals surface area contributed by atoms with Crippen LogP contribution in [0.25, 0.3) is 0 Å². The number of fused-ring (bicyclic) bond motifs is 1. The zero-order chi connectivity index (χ0) is 35.7. The summed E-state index contributed by atoms with van der Waals surface area (Å²) in [7, 11) is -3.35. The summed E-state index contributed by atoms with van der Waals surface area (Å²) in [5, 5.41) is 11.2. The Morgan fingerprint density at radius 2 is 1.61 bits per heavy atom.